The topological polar surface area (TPSA) is 45.2 Å². The van der Waals surface area contributed by atoms with Crippen molar-refractivity contribution in [3.05, 3.63) is 58.8 Å². The fraction of sp³-hybridized carbons (Fsp3) is 0.250. The number of nitrogens with zero attached hydrogens (tertiary/aromatic N) is 2. The first-order valence-electron chi connectivity index (χ1n) is 6.94. The number of rotatable bonds is 3. The molecule has 2 aromatic rings. The van der Waals surface area contributed by atoms with Crippen molar-refractivity contribution in [2.45, 2.75) is 12.5 Å². The highest BCUT2D eigenvalue weighted by molar-refractivity contribution is 9.10. The van der Waals surface area contributed by atoms with E-state index in [4.69, 9.17) is 0 Å². The van der Waals surface area contributed by atoms with Crippen LogP contribution in [0.3, 0.4) is 0 Å². The van der Waals surface area contributed by atoms with Crippen molar-refractivity contribution in [3.63, 3.8) is 0 Å². The van der Waals surface area contributed by atoms with Crippen LogP contribution in [0.1, 0.15) is 16.8 Å². The standard InChI is InChI=1S/C16H16BrN3O/c17-13-4-1-3-12(9-13)16(21)19-14-6-8-20(11-14)15-5-2-7-18-10-15/h1-5,7,9-10,14H,6,8,11H2,(H,19,21). The summed E-state index contributed by atoms with van der Waals surface area (Å²) >= 11 is 3.39. The summed E-state index contributed by atoms with van der Waals surface area (Å²) in [6, 6.07) is 11.6. The van der Waals surface area contributed by atoms with Crippen LogP contribution in [-0.2, 0) is 0 Å². The molecule has 1 amide bonds. The van der Waals surface area contributed by atoms with E-state index >= 15 is 0 Å². The fourth-order valence-corrected chi connectivity index (χ4v) is 2.95. The predicted molar refractivity (Wildman–Crippen MR) is 86.5 cm³/mol. The Kier molecular flexibility index (Phi) is 4.20. The third-order valence-electron chi connectivity index (χ3n) is 3.62. The molecule has 3 rings (SSSR count). The van der Waals surface area contributed by atoms with E-state index in [0.717, 1.165) is 29.7 Å². The minimum atomic E-state index is -0.0191. The SMILES string of the molecule is O=C(NC1CCN(c2cccnc2)C1)c1cccc(Br)c1. The van der Waals surface area contributed by atoms with Gasteiger partial charge in [0.1, 0.15) is 0 Å². The van der Waals surface area contributed by atoms with Gasteiger partial charge < -0.3 is 10.2 Å². The maximum absolute atomic E-state index is 12.2. The monoisotopic (exact) mass is 345 g/mol. The summed E-state index contributed by atoms with van der Waals surface area (Å²) in [5.41, 5.74) is 1.79. The number of amides is 1. The summed E-state index contributed by atoms with van der Waals surface area (Å²) < 4.78 is 0.915. The summed E-state index contributed by atoms with van der Waals surface area (Å²) in [6.45, 7) is 1.76. The van der Waals surface area contributed by atoms with E-state index in [0.29, 0.717) is 5.56 Å². The van der Waals surface area contributed by atoms with Crippen LogP contribution < -0.4 is 10.2 Å². The Labute approximate surface area is 132 Å². The van der Waals surface area contributed by atoms with E-state index in [1.165, 1.54) is 0 Å². The van der Waals surface area contributed by atoms with Gasteiger partial charge in [0.2, 0.25) is 0 Å². The summed E-state index contributed by atoms with van der Waals surface area (Å²) in [4.78, 5) is 18.6. The predicted octanol–water partition coefficient (Wildman–Crippen LogP) is 2.85. The molecule has 1 atom stereocenters. The van der Waals surface area contributed by atoms with Gasteiger partial charge in [0.15, 0.2) is 0 Å². The first-order chi connectivity index (χ1) is 10.2. The van der Waals surface area contributed by atoms with Gasteiger partial charge in [-0.25, -0.2) is 0 Å². The molecule has 2 heterocycles. The number of aromatic nitrogens is 1. The fourth-order valence-electron chi connectivity index (χ4n) is 2.55. The molecular weight excluding hydrogens is 330 g/mol. The average molecular weight is 346 g/mol. The number of halogens is 1. The van der Waals surface area contributed by atoms with E-state index < -0.39 is 0 Å². The number of carbonyl (C=O) groups excluding carboxylic acids is 1. The van der Waals surface area contributed by atoms with Crippen molar-refractivity contribution in [3.8, 4) is 0 Å². The van der Waals surface area contributed by atoms with Crippen molar-refractivity contribution >= 4 is 27.5 Å². The highest BCUT2D eigenvalue weighted by Gasteiger charge is 2.24. The van der Waals surface area contributed by atoms with Crippen LogP contribution in [0, 0.1) is 0 Å². The zero-order chi connectivity index (χ0) is 14.7. The van der Waals surface area contributed by atoms with Crippen molar-refractivity contribution in [2.24, 2.45) is 0 Å². The van der Waals surface area contributed by atoms with Gasteiger partial charge in [0.05, 0.1) is 11.9 Å². The Hall–Kier alpha value is -1.88. The molecule has 1 aromatic heterocycles. The van der Waals surface area contributed by atoms with Gasteiger partial charge in [-0.3, -0.25) is 9.78 Å². The molecule has 5 heteroatoms. The molecule has 1 saturated heterocycles. The third kappa shape index (κ3) is 3.42. The molecule has 0 spiro atoms. The normalized spacial score (nSPS) is 17.8. The Morgan fingerprint density at radius 1 is 1.33 bits per heavy atom. The van der Waals surface area contributed by atoms with Crippen molar-refractivity contribution < 1.29 is 4.79 Å². The van der Waals surface area contributed by atoms with E-state index in [9.17, 15) is 4.79 Å². The van der Waals surface area contributed by atoms with Gasteiger partial charge in [-0.2, -0.15) is 0 Å². The molecular formula is C16H16BrN3O. The van der Waals surface area contributed by atoms with E-state index in [1.54, 1.807) is 6.20 Å². The average Bonchev–Trinajstić information content (AvgIpc) is 2.97. The first kappa shape index (κ1) is 14.1. The number of pyridine rings is 1. The summed E-state index contributed by atoms with van der Waals surface area (Å²) in [5.74, 6) is -0.0191. The number of carbonyl (C=O) groups is 1. The largest absolute Gasteiger partial charge is 0.368 e. The minimum absolute atomic E-state index is 0.0191. The first-order valence-corrected chi connectivity index (χ1v) is 7.73. The molecule has 0 radical (unpaired) electrons. The van der Waals surface area contributed by atoms with Crippen LogP contribution in [0.5, 0.6) is 0 Å². The lowest BCUT2D eigenvalue weighted by Crippen LogP contribution is -2.37. The molecule has 1 aliphatic rings. The molecule has 108 valence electrons. The van der Waals surface area contributed by atoms with Crippen LogP contribution in [-0.4, -0.2) is 30.0 Å². The Balaban J connectivity index is 1.61. The number of anilines is 1. The van der Waals surface area contributed by atoms with Crippen molar-refractivity contribution in [1.82, 2.24) is 10.3 Å². The van der Waals surface area contributed by atoms with Gasteiger partial charge in [0.25, 0.3) is 5.91 Å². The summed E-state index contributed by atoms with van der Waals surface area (Å²) in [7, 11) is 0. The van der Waals surface area contributed by atoms with Gasteiger partial charge in [-0.05, 0) is 36.8 Å². The molecule has 1 aromatic carbocycles. The molecule has 0 aliphatic carbocycles. The van der Waals surface area contributed by atoms with Crippen molar-refractivity contribution in [1.29, 1.82) is 0 Å². The molecule has 1 fully saturated rings. The lowest BCUT2D eigenvalue weighted by atomic mass is 10.2. The number of hydrogen-bond acceptors (Lipinski definition) is 3. The van der Waals surface area contributed by atoms with Crippen LogP contribution in [0.2, 0.25) is 0 Å². The number of nitrogens with one attached hydrogen (secondary N) is 1. The maximum atomic E-state index is 12.2. The zero-order valence-corrected chi connectivity index (χ0v) is 13.1. The lowest BCUT2D eigenvalue weighted by molar-refractivity contribution is 0.0940. The number of benzene rings is 1. The molecule has 1 aliphatic heterocycles. The molecule has 4 nitrogen and oxygen atoms in total. The highest BCUT2D eigenvalue weighted by atomic mass is 79.9. The highest BCUT2D eigenvalue weighted by Crippen LogP contribution is 2.19. The van der Waals surface area contributed by atoms with Gasteiger partial charge in [0, 0.05) is 35.4 Å². The van der Waals surface area contributed by atoms with Gasteiger partial charge >= 0.3 is 0 Å². The van der Waals surface area contributed by atoms with E-state index in [1.807, 2.05) is 42.6 Å². The second-order valence-electron chi connectivity index (χ2n) is 5.13. The lowest BCUT2D eigenvalue weighted by Gasteiger charge is -2.18. The Morgan fingerprint density at radius 3 is 3.00 bits per heavy atom. The van der Waals surface area contributed by atoms with Crippen LogP contribution >= 0.6 is 15.9 Å². The molecule has 1 unspecified atom stereocenters. The zero-order valence-electron chi connectivity index (χ0n) is 11.5. The third-order valence-corrected chi connectivity index (χ3v) is 4.11. The van der Waals surface area contributed by atoms with E-state index in [2.05, 4.69) is 31.1 Å². The molecule has 0 saturated carbocycles. The maximum Gasteiger partial charge on any atom is 0.251 e. The van der Waals surface area contributed by atoms with Crippen molar-refractivity contribution in [2.75, 3.05) is 18.0 Å². The molecule has 21 heavy (non-hydrogen) atoms. The molecule has 0 bridgehead atoms. The van der Waals surface area contributed by atoms with Crippen LogP contribution in [0.4, 0.5) is 5.69 Å². The smallest absolute Gasteiger partial charge is 0.251 e. The van der Waals surface area contributed by atoms with Crippen LogP contribution in [0.15, 0.2) is 53.3 Å². The summed E-state index contributed by atoms with van der Waals surface area (Å²) in [5, 5.41) is 3.10. The van der Waals surface area contributed by atoms with E-state index in [-0.39, 0.29) is 11.9 Å². The second kappa shape index (κ2) is 6.26. The van der Waals surface area contributed by atoms with Gasteiger partial charge in [-0.15, -0.1) is 0 Å². The number of hydrogen-bond donors (Lipinski definition) is 1. The quantitative estimate of drug-likeness (QED) is 0.930. The molecule has 1 N–H and O–H groups in total. The van der Waals surface area contributed by atoms with Gasteiger partial charge in [-0.1, -0.05) is 22.0 Å². The van der Waals surface area contributed by atoms with Crippen LogP contribution in [0.25, 0.3) is 0 Å². The Morgan fingerprint density at radius 2 is 2.24 bits per heavy atom. The Bertz CT molecular complexity index is 632. The second-order valence-corrected chi connectivity index (χ2v) is 6.04. The summed E-state index contributed by atoms with van der Waals surface area (Å²) in [6.07, 6.45) is 4.58. The minimum Gasteiger partial charge on any atom is -0.368 e.